The van der Waals surface area contributed by atoms with Crippen LogP contribution in [-0.2, 0) is 9.53 Å². The molecular formula is C21H33NO2. The van der Waals surface area contributed by atoms with Crippen LogP contribution >= 0.6 is 0 Å². The fraction of sp³-hybridized carbons (Fsp3) is 0.810. The molecule has 0 aromatic carbocycles. The highest BCUT2D eigenvalue weighted by Gasteiger charge is 2.30. The molecule has 0 amide bonds. The molecule has 134 valence electrons. The van der Waals surface area contributed by atoms with Crippen molar-refractivity contribution in [3.05, 3.63) is 12.2 Å². The molecule has 0 aromatic heterocycles. The molecule has 2 rings (SSSR count). The van der Waals surface area contributed by atoms with Gasteiger partial charge >= 0.3 is 5.97 Å². The lowest BCUT2D eigenvalue weighted by molar-refractivity contribution is -0.157. The third-order valence-electron chi connectivity index (χ3n) is 5.84. The molecule has 0 spiro atoms. The van der Waals surface area contributed by atoms with Gasteiger partial charge in [0.25, 0.3) is 0 Å². The predicted molar refractivity (Wildman–Crippen MR) is 96.2 cm³/mol. The van der Waals surface area contributed by atoms with Gasteiger partial charge in [0, 0.05) is 6.08 Å². The van der Waals surface area contributed by atoms with E-state index in [1.165, 1.54) is 38.5 Å². The Morgan fingerprint density at radius 3 is 2.42 bits per heavy atom. The van der Waals surface area contributed by atoms with Crippen LogP contribution in [0.25, 0.3) is 0 Å². The highest BCUT2D eigenvalue weighted by molar-refractivity contribution is 5.72. The zero-order valence-corrected chi connectivity index (χ0v) is 15.2. The Bertz CT molecular complexity index is 435. The van der Waals surface area contributed by atoms with Gasteiger partial charge in [-0.1, -0.05) is 38.7 Å². The van der Waals surface area contributed by atoms with E-state index in [1.807, 2.05) is 6.08 Å². The first kappa shape index (κ1) is 19.0. The fourth-order valence-corrected chi connectivity index (χ4v) is 4.21. The molecule has 0 aliphatic heterocycles. The molecule has 3 heteroatoms. The first-order valence-corrected chi connectivity index (χ1v) is 9.99. The van der Waals surface area contributed by atoms with Crippen molar-refractivity contribution in [2.75, 3.05) is 0 Å². The molecule has 24 heavy (non-hydrogen) atoms. The second kappa shape index (κ2) is 10.5. The summed E-state index contributed by atoms with van der Waals surface area (Å²) in [5.41, 5.74) is 0. The lowest BCUT2D eigenvalue weighted by atomic mass is 9.81. The minimum absolute atomic E-state index is 0.0344. The minimum atomic E-state index is 0.0344. The first-order chi connectivity index (χ1) is 11.7. The normalized spacial score (nSPS) is 30.8. The molecule has 0 N–H and O–H groups in total. The molecule has 0 saturated heterocycles. The van der Waals surface area contributed by atoms with Crippen molar-refractivity contribution < 1.29 is 9.53 Å². The summed E-state index contributed by atoms with van der Waals surface area (Å²) in [5, 5.41) is 8.59. The molecular weight excluding hydrogens is 298 g/mol. The van der Waals surface area contributed by atoms with Crippen molar-refractivity contribution in [2.45, 2.75) is 90.1 Å². The van der Waals surface area contributed by atoms with Crippen LogP contribution in [0, 0.1) is 29.1 Å². The zero-order chi connectivity index (χ0) is 17.2. The van der Waals surface area contributed by atoms with Crippen LogP contribution in [-0.4, -0.2) is 12.1 Å². The third kappa shape index (κ3) is 6.30. The van der Waals surface area contributed by atoms with E-state index in [9.17, 15) is 4.79 Å². The number of esters is 1. The van der Waals surface area contributed by atoms with E-state index < -0.39 is 0 Å². The number of nitrogens with zero attached hydrogens (tertiary/aromatic N) is 1. The topological polar surface area (TPSA) is 50.1 Å². The summed E-state index contributed by atoms with van der Waals surface area (Å²) in [5.74, 6) is 1.44. The Labute approximate surface area is 147 Å². The predicted octanol–water partition coefficient (Wildman–Crippen LogP) is 5.55. The second-order valence-corrected chi connectivity index (χ2v) is 7.68. The number of carbonyl (C=O) groups excluding carboxylic acids is 1. The van der Waals surface area contributed by atoms with Crippen molar-refractivity contribution in [1.82, 2.24) is 0 Å². The highest BCUT2D eigenvalue weighted by atomic mass is 16.5. The van der Waals surface area contributed by atoms with Crippen molar-refractivity contribution in [2.24, 2.45) is 17.8 Å². The maximum Gasteiger partial charge on any atom is 0.309 e. The standard InChI is InChI=1S/C21H33NO2/c1-2-3-4-6-17-10-14-20(15-11-17)24-21(23)19-12-8-18(9-13-19)7-5-16-22/h5,7,17-20H,2-4,6,8-15H2,1H3. The van der Waals surface area contributed by atoms with Gasteiger partial charge in [0.15, 0.2) is 0 Å². The zero-order valence-electron chi connectivity index (χ0n) is 15.2. The van der Waals surface area contributed by atoms with Crippen LogP contribution in [0.2, 0.25) is 0 Å². The number of ether oxygens (including phenoxy) is 1. The largest absolute Gasteiger partial charge is 0.462 e. The lowest BCUT2D eigenvalue weighted by Gasteiger charge is -2.31. The molecule has 0 bridgehead atoms. The van der Waals surface area contributed by atoms with E-state index in [2.05, 4.69) is 13.0 Å². The Hall–Kier alpha value is -1.30. The van der Waals surface area contributed by atoms with Crippen LogP contribution in [0.1, 0.15) is 84.0 Å². The van der Waals surface area contributed by atoms with Gasteiger partial charge in [-0.2, -0.15) is 5.26 Å². The lowest BCUT2D eigenvalue weighted by Crippen LogP contribution is -2.30. The first-order valence-electron chi connectivity index (χ1n) is 9.99. The number of rotatable bonds is 7. The molecule has 2 fully saturated rings. The molecule has 0 heterocycles. The van der Waals surface area contributed by atoms with Crippen molar-refractivity contribution >= 4 is 5.97 Å². The van der Waals surface area contributed by atoms with E-state index in [1.54, 1.807) is 6.08 Å². The van der Waals surface area contributed by atoms with E-state index in [-0.39, 0.29) is 18.0 Å². The average Bonchev–Trinajstić information content (AvgIpc) is 2.62. The number of unbranched alkanes of at least 4 members (excludes halogenated alkanes) is 2. The van der Waals surface area contributed by atoms with Gasteiger partial charge in [0.2, 0.25) is 0 Å². The summed E-state index contributed by atoms with van der Waals surface area (Å²) in [6, 6.07) is 2.05. The Morgan fingerprint density at radius 1 is 1.08 bits per heavy atom. The highest BCUT2D eigenvalue weighted by Crippen LogP contribution is 2.33. The summed E-state index contributed by atoms with van der Waals surface area (Å²) in [7, 11) is 0. The number of hydrogen-bond acceptors (Lipinski definition) is 3. The van der Waals surface area contributed by atoms with Gasteiger partial charge in [-0.15, -0.1) is 0 Å². The van der Waals surface area contributed by atoms with E-state index in [0.717, 1.165) is 44.4 Å². The third-order valence-corrected chi connectivity index (χ3v) is 5.84. The summed E-state index contributed by atoms with van der Waals surface area (Å²) >= 11 is 0. The Morgan fingerprint density at radius 2 is 1.79 bits per heavy atom. The van der Waals surface area contributed by atoms with E-state index in [4.69, 9.17) is 10.00 Å². The molecule has 0 aromatic rings. The maximum atomic E-state index is 12.4. The average molecular weight is 332 g/mol. The van der Waals surface area contributed by atoms with Gasteiger partial charge in [-0.25, -0.2) is 0 Å². The molecule has 2 aliphatic carbocycles. The van der Waals surface area contributed by atoms with Crippen molar-refractivity contribution in [3.63, 3.8) is 0 Å². The van der Waals surface area contributed by atoms with Crippen molar-refractivity contribution in [1.29, 1.82) is 5.26 Å². The van der Waals surface area contributed by atoms with Crippen molar-refractivity contribution in [3.8, 4) is 6.07 Å². The Kier molecular flexibility index (Phi) is 8.36. The van der Waals surface area contributed by atoms with Crippen LogP contribution < -0.4 is 0 Å². The quantitative estimate of drug-likeness (QED) is 0.349. The van der Waals surface area contributed by atoms with Gasteiger partial charge in [-0.05, 0) is 63.2 Å². The number of carbonyl (C=O) groups is 1. The molecule has 2 saturated carbocycles. The van der Waals surface area contributed by atoms with Gasteiger partial charge in [0.1, 0.15) is 6.10 Å². The van der Waals surface area contributed by atoms with Crippen LogP contribution in [0.15, 0.2) is 12.2 Å². The smallest absolute Gasteiger partial charge is 0.309 e. The van der Waals surface area contributed by atoms with Gasteiger partial charge in [0.05, 0.1) is 12.0 Å². The van der Waals surface area contributed by atoms with Crippen LogP contribution in [0.5, 0.6) is 0 Å². The fourth-order valence-electron chi connectivity index (χ4n) is 4.21. The van der Waals surface area contributed by atoms with Crippen LogP contribution in [0.3, 0.4) is 0 Å². The molecule has 2 aliphatic rings. The van der Waals surface area contributed by atoms with E-state index in [0.29, 0.717) is 5.92 Å². The number of nitriles is 1. The molecule has 0 radical (unpaired) electrons. The number of hydrogen-bond donors (Lipinski definition) is 0. The minimum Gasteiger partial charge on any atom is -0.462 e. The van der Waals surface area contributed by atoms with E-state index >= 15 is 0 Å². The molecule has 0 atom stereocenters. The van der Waals surface area contributed by atoms with Gasteiger partial charge < -0.3 is 4.74 Å². The SMILES string of the molecule is CCCCCC1CCC(OC(=O)C2CCC(C=CC#N)CC2)CC1. The number of allylic oxidation sites excluding steroid dienone is 2. The summed E-state index contributed by atoms with van der Waals surface area (Å²) in [6.45, 7) is 2.25. The molecule has 3 nitrogen and oxygen atoms in total. The molecule has 0 unspecified atom stereocenters. The monoisotopic (exact) mass is 331 g/mol. The summed E-state index contributed by atoms with van der Waals surface area (Å²) < 4.78 is 5.81. The maximum absolute atomic E-state index is 12.4. The Balaban J connectivity index is 1.64. The summed E-state index contributed by atoms with van der Waals surface area (Å²) in [6.07, 6.45) is 17.5. The summed E-state index contributed by atoms with van der Waals surface area (Å²) in [4.78, 5) is 12.4. The second-order valence-electron chi connectivity index (χ2n) is 7.68. The van der Waals surface area contributed by atoms with Crippen LogP contribution in [0.4, 0.5) is 0 Å². The van der Waals surface area contributed by atoms with Gasteiger partial charge in [-0.3, -0.25) is 4.79 Å².